The molecule has 1 aliphatic heterocycles. The van der Waals surface area contributed by atoms with E-state index in [1.54, 1.807) is 19.2 Å². The molecule has 98 valence electrons. The van der Waals surface area contributed by atoms with Crippen LogP contribution in [-0.2, 0) is 4.74 Å². The van der Waals surface area contributed by atoms with Crippen molar-refractivity contribution in [2.75, 3.05) is 37.7 Å². The second-order valence-corrected chi connectivity index (χ2v) is 4.84. The van der Waals surface area contributed by atoms with Crippen LogP contribution in [0.5, 0.6) is 0 Å². The Morgan fingerprint density at radius 2 is 2.28 bits per heavy atom. The maximum absolute atomic E-state index is 11.6. The van der Waals surface area contributed by atoms with E-state index in [9.17, 15) is 4.79 Å². The third kappa shape index (κ3) is 3.00. The van der Waals surface area contributed by atoms with Gasteiger partial charge < -0.3 is 15.0 Å². The predicted molar refractivity (Wildman–Crippen MR) is 73.0 cm³/mol. The van der Waals surface area contributed by atoms with Crippen molar-refractivity contribution < 1.29 is 9.53 Å². The maximum Gasteiger partial charge on any atom is 0.339 e. The number of hydrogen-bond donors (Lipinski definition) is 1. The lowest BCUT2D eigenvalue weighted by Crippen LogP contribution is -2.44. The Hall–Kier alpha value is -1.14. The van der Waals surface area contributed by atoms with Crippen molar-refractivity contribution in [2.24, 2.45) is 0 Å². The van der Waals surface area contributed by atoms with E-state index in [-0.39, 0.29) is 5.97 Å². The Labute approximate surface area is 115 Å². The number of carbonyl (C=O) groups is 1. The van der Waals surface area contributed by atoms with Crippen LogP contribution in [0.2, 0.25) is 0 Å². The fourth-order valence-corrected chi connectivity index (χ4v) is 2.47. The molecule has 1 saturated heterocycles. The van der Waals surface area contributed by atoms with Gasteiger partial charge in [-0.1, -0.05) is 0 Å². The number of anilines is 1. The predicted octanol–water partition coefficient (Wildman–Crippen LogP) is 1.43. The van der Waals surface area contributed by atoms with E-state index in [0.29, 0.717) is 12.2 Å². The summed E-state index contributed by atoms with van der Waals surface area (Å²) in [5.74, 6) is 0.544. The SMILES string of the molecule is CCOC(=O)c1cnc(N2CCNCC2)c(Br)c1. The highest BCUT2D eigenvalue weighted by atomic mass is 79.9. The van der Waals surface area contributed by atoms with Gasteiger partial charge in [0.1, 0.15) is 5.82 Å². The van der Waals surface area contributed by atoms with Gasteiger partial charge in [0.25, 0.3) is 0 Å². The molecule has 5 nitrogen and oxygen atoms in total. The van der Waals surface area contributed by atoms with E-state index in [0.717, 1.165) is 36.5 Å². The molecule has 18 heavy (non-hydrogen) atoms. The lowest BCUT2D eigenvalue weighted by Gasteiger charge is -2.29. The van der Waals surface area contributed by atoms with Gasteiger partial charge in [-0.3, -0.25) is 0 Å². The van der Waals surface area contributed by atoms with Crippen molar-refractivity contribution in [3.05, 3.63) is 22.3 Å². The lowest BCUT2D eigenvalue weighted by atomic mass is 10.2. The molecule has 0 bridgehead atoms. The number of pyridine rings is 1. The molecule has 0 aliphatic carbocycles. The molecule has 0 spiro atoms. The van der Waals surface area contributed by atoms with Crippen molar-refractivity contribution in [2.45, 2.75) is 6.92 Å². The van der Waals surface area contributed by atoms with Crippen molar-refractivity contribution in [1.82, 2.24) is 10.3 Å². The van der Waals surface area contributed by atoms with Crippen LogP contribution < -0.4 is 10.2 Å². The molecule has 0 amide bonds. The van der Waals surface area contributed by atoms with Crippen LogP contribution in [0.25, 0.3) is 0 Å². The molecular weight excluding hydrogens is 298 g/mol. The molecule has 0 aromatic carbocycles. The summed E-state index contributed by atoms with van der Waals surface area (Å²) >= 11 is 3.47. The standard InChI is InChI=1S/C12H16BrN3O2/c1-2-18-12(17)9-7-10(13)11(15-8-9)16-5-3-14-4-6-16/h7-8,14H,2-6H2,1H3. The van der Waals surface area contributed by atoms with Gasteiger partial charge in [-0.05, 0) is 28.9 Å². The zero-order valence-corrected chi connectivity index (χ0v) is 11.9. The first-order valence-electron chi connectivity index (χ1n) is 6.00. The maximum atomic E-state index is 11.6. The molecule has 6 heteroatoms. The summed E-state index contributed by atoms with van der Waals surface area (Å²) in [4.78, 5) is 18.1. The zero-order chi connectivity index (χ0) is 13.0. The molecule has 2 heterocycles. The molecule has 0 radical (unpaired) electrons. The first-order chi connectivity index (χ1) is 8.72. The molecule has 0 saturated carbocycles. The number of rotatable bonds is 3. The van der Waals surface area contributed by atoms with Gasteiger partial charge in [0.2, 0.25) is 0 Å². The summed E-state index contributed by atoms with van der Waals surface area (Å²) in [6.07, 6.45) is 1.57. The summed E-state index contributed by atoms with van der Waals surface area (Å²) in [7, 11) is 0. The van der Waals surface area contributed by atoms with Gasteiger partial charge in [-0.15, -0.1) is 0 Å². The summed E-state index contributed by atoms with van der Waals surface area (Å²) in [5.41, 5.74) is 0.475. The Balaban J connectivity index is 2.16. The first-order valence-corrected chi connectivity index (χ1v) is 6.80. The number of aromatic nitrogens is 1. The highest BCUT2D eigenvalue weighted by Gasteiger charge is 2.16. The van der Waals surface area contributed by atoms with Crippen LogP contribution in [0, 0.1) is 0 Å². The van der Waals surface area contributed by atoms with Crippen LogP contribution in [0.3, 0.4) is 0 Å². The number of nitrogens with one attached hydrogen (secondary N) is 1. The van der Waals surface area contributed by atoms with Gasteiger partial charge in [0, 0.05) is 32.4 Å². The first kappa shape index (κ1) is 13.3. The minimum atomic E-state index is -0.336. The van der Waals surface area contributed by atoms with E-state index in [2.05, 4.69) is 31.1 Å². The molecule has 2 rings (SSSR count). The van der Waals surface area contributed by atoms with Gasteiger partial charge in [0.05, 0.1) is 16.6 Å². The molecular formula is C12H16BrN3O2. The minimum Gasteiger partial charge on any atom is -0.462 e. The zero-order valence-electron chi connectivity index (χ0n) is 10.3. The van der Waals surface area contributed by atoms with Crippen LogP contribution >= 0.6 is 15.9 Å². The summed E-state index contributed by atoms with van der Waals surface area (Å²) in [5, 5.41) is 3.29. The average molecular weight is 314 g/mol. The molecule has 1 aromatic rings. The summed E-state index contributed by atoms with van der Waals surface area (Å²) in [6, 6.07) is 1.77. The second-order valence-electron chi connectivity index (χ2n) is 3.99. The highest BCUT2D eigenvalue weighted by molar-refractivity contribution is 9.10. The fraction of sp³-hybridized carbons (Fsp3) is 0.500. The smallest absolute Gasteiger partial charge is 0.339 e. The molecule has 1 fully saturated rings. The highest BCUT2D eigenvalue weighted by Crippen LogP contribution is 2.25. The van der Waals surface area contributed by atoms with E-state index in [4.69, 9.17) is 4.74 Å². The van der Waals surface area contributed by atoms with E-state index >= 15 is 0 Å². The van der Waals surface area contributed by atoms with Crippen LogP contribution in [-0.4, -0.2) is 43.7 Å². The molecule has 1 aromatic heterocycles. The largest absolute Gasteiger partial charge is 0.462 e. The quantitative estimate of drug-likeness (QED) is 0.856. The van der Waals surface area contributed by atoms with Gasteiger partial charge in [0.15, 0.2) is 0 Å². The van der Waals surface area contributed by atoms with Gasteiger partial charge >= 0.3 is 5.97 Å². The average Bonchev–Trinajstić information content (AvgIpc) is 2.40. The number of halogens is 1. The Bertz CT molecular complexity index is 433. The lowest BCUT2D eigenvalue weighted by molar-refractivity contribution is 0.0526. The van der Waals surface area contributed by atoms with Crippen LogP contribution in [0.4, 0.5) is 5.82 Å². The summed E-state index contributed by atoms with van der Waals surface area (Å²) in [6.45, 7) is 5.90. The van der Waals surface area contributed by atoms with Crippen LogP contribution in [0.15, 0.2) is 16.7 Å². The van der Waals surface area contributed by atoms with Crippen molar-refractivity contribution in [1.29, 1.82) is 0 Å². The second kappa shape index (κ2) is 6.15. The summed E-state index contributed by atoms with van der Waals surface area (Å²) < 4.78 is 5.77. The van der Waals surface area contributed by atoms with Crippen molar-refractivity contribution in [3.8, 4) is 0 Å². The molecule has 1 N–H and O–H groups in total. The number of esters is 1. The number of piperazine rings is 1. The number of hydrogen-bond acceptors (Lipinski definition) is 5. The van der Waals surface area contributed by atoms with E-state index in [1.165, 1.54) is 0 Å². The van der Waals surface area contributed by atoms with E-state index < -0.39 is 0 Å². The van der Waals surface area contributed by atoms with Crippen molar-refractivity contribution in [3.63, 3.8) is 0 Å². The molecule has 1 aliphatic rings. The molecule has 0 unspecified atom stereocenters. The minimum absolute atomic E-state index is 0.336. The molecule has 0 atom stereocenters. The Kier molecular flexibility index (Phi) is 4.54. The topological polar surface area (TPSA) is 54.5 Å². The Morgan fingerprint density at radius 3 is 2.89 bits per heavy atom. The van der Waals surface area contributed by atoms with Gasteiger partial charge in [-0.25, -0.2) is 9.78 Å². The normalized spacial score (nSPS) is 15.6. The number of carbonyl (C=O) groups excluding carboxylic acids is 1. The third-order valence-electron chi connectivity index (χ3n) is 2.75. The number of ether oxygens (including phenoxy) is 1. The van der Waals surface area contributed by atoms with Gasteiger partial charge in [-0.2, -0.15) is 0 Å². The van der Waals surface area contributed by atoms with E-state index in [1.807, 2.05) is 0 Å². The monoisotopic (exact) mass is 313 g/mol. The third-order valence-corrected chi connectivity index (χ3v) is 3.33. The number of nitrogens with zero attached hydrogens (tertiary/aromatic N) is 2. The van der Waals surface area contributed by atoms with Crippen LogP contribution in [0.1, 0.15) is 17.3 Å². The fourth-order valence-electron chi connectivity index (χ4n) is 1.87. The Morgan fingerprint density at radius 1 is 1.56 bits per heavy atom. The van der Waals surface area contributed by atoms with Crippen molar-refractivity contribution >= 4 is 27.7 Å².